The zero-order valence-electron chi connectivity index (χ0n) is 15.2. The molecule has 1 unspecified atom stereocenters. The molecule has 0 saturated carbocycles. The topological polar surface area (TPSA) is 66.5 Å². The van der Waals surface area contributed by atoms with E-state index in [0.29, 0.717) is 11.6 Å². The molecule has 26 heavy (non-hydrogen) atoms. The van der Waals surface area contributed by atoms with Crippen LogP contribution >= 0.6 is 0 Å². The van der Waals surface area contributed by atoms with Gasteiger partial charge in [0.25, 0.3) is 0 Å². The van der Waals surface area contributed by atoms with Gasteiger partial charge in [-0.2, -0.15) is 0 Å². The first-order valence-electron chi connectivity index (χ1n) is 8.25. The molecule has 0 radical (unpaired) electrons. The average molecular weight is 378 g/mol. The van der Waals surface area contributed by atoms with Gasteiger partial charge in [0.15, 0.2) is 0 Å². The molecule has 0 saturated heterocycles. The highest BCUT2D eigenvalue weighted by Gasteiger charge is 2.29. The number of amides is 1. The monoisotopic (exact) mass is 378 g/mol. The van der Waals surface area contributed by atoms with Gasteiger partial charge in [0, 0.05) is 5.69 Å². The summed E-state index contributed by atoms with van der Waals surface area (Å²) in [6, 6.07) is 11.5. The molecule has 0 fully saturated rings. The summed E-state index contributed by atoms with van der Waals surface area (Å²) in [7, 11) is -3.78. The van der Waals surface area contributed by atoms with Gasteiger partial charge in [0.1, 0.15) is 11.9 Å². The van der Waals surface area contributed by atoms with Gasteiger partial charge in [-0.1, -0.05) is 32.0 Å². The Morgan fingerprint density at radius 1 is 1.08 bits per heavy atom. The van der Waals surface area contributed by atoms with Crippen molar-refractivity contribution in [2.75, 3.05) is 15.9 Å². The number of nitrogens with zero attached hydrogens (tertiary/aromatic N) is 1. The van der Waals surface area contributed by atoms with E-state index in [-0.39, 0.29) is 5.69 Å². The molecule has 0 aliphatic carbocycles. The van der Waals surface area contributed by atoms with Gasteiger partial charge in [-0.3, -0.25) is 9.10 Å². The standard InChI is InChI=1S/C19H23FN2O3S/c1-13(2)15-8-10-17(11-9-15)21-19(23)14(3)22(26(4,24)25)18-7-5-6-16(20)12-18/h5-14H,1-4H3,(H,21,23). The van der Waals surface area contributed by atoms with Crippen LogP contribution in [0.4, 0.5) is 15.8 Å². The summed E-state index contributed by atoms with van der Waals surface area (Å²) in [6.07, 6.45) is 0.985. The van der Waals surface area contributed by atoms with E-state index in [2.05, 4.69) is 19.2 Å². The van der Waals surface area contributed by atoms with Gasteiger partial charge in [-0.15, -0.1) is 0 Å². The molecule has 1 amide bonds. The van der Waals surface area contributed by atoms with E-state index in [1.807, 2.05) is 12.1 Å². The first-order valence-corrected chi connectivity index (χ1v) is 10.1. The number of nitrogens with one attached hydrogen (secondary N) is 1. The highest BCUT2D eigenvalue weighted by Crippen LogP contribution is 2.23. The number of carbonyl (C=O) groups excluding carboxylic acids is 1. The molecule has 2 aromatic rings. The Labute approximate surface area is 153 Å². The van der Waals surface area contributed by atoms with Gasteiger partial charge < -0.3 is 5.32 Å². The van der Waals surface area contributed by atoms with Crippen LogP contribution in [-0.2, 0) is 14.8 Å². The second kappa shape index (κ2) is 7.86. The molecule has 140 valence electrons. The molecule has 2 rings (SSSR count). The summed E-state index contributed by atoms with van der Waals surface area (Å²) >= 11 is 0. The van der Waals surface area contributed by atoms with E-state index in [4.69, 9.17) is 0 Å². The Hall–Kier alpha value is -2.41. The minimum atomic E-state index is -3.78. The molecular formula is C19H23FN2O3S. The third-order valence-electron chi connectivity index (χ3n) is 4.00. The molecule has 0 heterocycles. The third-order valence-corrected chi connectivity index (χ3v) is 5.24. The Balaban J connectivity index is 2.25. The third kappa shape index (κ3) is 4.82. The number of carbonyl (C=O) groups is 1. The summed E-state index contributed by atoms with van der Waals surface area (Å²) in [5, 5.41) is 2.71. The van der Waals surface area contributed by atoms with Crippen molar-refractivity contribution in [3.05, 3.63) is 59.9 Å². The fourth-order valence-corrected chi connectivity index (χ4v) is 3.79. The smallest absolute Gasteiger partial charge is 0.247 e. The minimum Gasteiger partial charge on any atom is -0.324 e. The largest absolute Gasteiger partial charge is 0.324 e. The Kier molecular flexibility index (Phi) is 6.02. The normalized spacial score (nSPS) is 12.7. The van der Waals surface area contributed by atoms with Crippen LogP contribution in [0.2, 0.25) is 0 Å². The van der Waals surface area contributed by atoms with Crippen LogP contribution < -0.4 is 9.62 Å². The first kappa shape index (κ1) is 19.9. The highest BCUT2D eigenvalue weighted by molar-refractivity contribution is 7.92. The average Bonchev–Trinajstić information content (AvgIpc) is 2.54. The van der Waals surface area contributed by atoms with Crippen LogP contribution in [0, 0.1) is 5.82 Å². The lowest BCUT2D eigenvalue weighted by Gasteiger charge is -2.28. The molecule has 1 atom stereocenters. The second-order valence-electron chi connectivity index (χ2n) is 6.48. The molecule has 0 aromatic heterocycles. The van der Waals surface area contributed by atoms with E-state index < -0.39 is 27.8 Å². The van der Waals surface area contributed by atoms with Crippen molar-refractivity contribution < 1.29 is 17.6 Å². The molecule has 1 N–H and O–H groups in total. The summed E-state index contributed by atoms with van der Waals surface area (Å²) < 4.78 is 38.8. The molecule has 0 aliphatic rings. The Bertz CT molecular complexity index is 880. The lowest BCUT2D eigenvalue weighted by atomic mass is 10.0. The summed E-state index contributed by atoms with van der Waals surface area (Å²) in [5.41, 5.74) is 1.80. The van der Waals surface area contributed by atoms with Gasteiger partial charge >= 0.3 is 0 Å². The zero-order chi connectivity index (χ0) is 19.5. The fraction of sp³-hybridized carbons (Fsp3) is 0.316. The minimum absolute atomic E-state index is 0.102. The van der Waals surface area contributed by atoms with Crippen molar-refractivity contribution in [2.45, 2.75) is 32.7 Å². The van der Waals surface area contributed by atoms with E-state index >= 15 is 0 Å². The first-order chi connectivity index (χ1) is 12.1. The summed E-state index contributed by atoms with van der Waals surface area (Å²) in [5.74, 6) is -0.711. The molecular weight excluding hydrogens is 355 g/mol. The van der Waals surface area contributed by atoms with Crippen molar-refractivity contribution in [2.24, 2.45) is 0 Å². The number of sulfonamides is 1. The number of anilines is 2. The summed E-state index contributed by atoms with van der Waals surface area (Å²) in [6.45, 7) is 5.60. The lowest BCUT2D eigenvalue weighted by molar-refractivity contribution is -0.116. The van der Waals surface area contributed by atoms with Gasteiger partial charge in [0.05, 0.1) is 11.9 Å². The fourth-order valence-electron chi connectivity index (χ4n) is 2.62. The molecule has 2 aromatic carbocycles. The number of hydrogen-bond acceptors (Lipinski definition) is 3. The maximum atomic E-state index is 13.5. The zero-order valence-corrected chi connectivity index (χ0v) is 16.0. The van der Waals surface area contributed by atoms with E-state index in [1.165, 1.54) is 25.1 Å². The SMILES string of the molecule is CC(C)c1ccc(NC(=O)C(C)N(c2cccc(F)c2)S(C)(=O)=O)cc1. The van der Waals surface area contributed by atoms with Crippen molar-refractivity contribution in [1.82, 2.24) is 0 Å². The molecule has 7 heteroatoms. The highest BCUT2D eigenvalue weighted by atomic mass is 32.2. The van der Waals surface area contributed by atoms with Gasteiger partial charge in [0.2, 0.25) is 15.9 Å². The van der Waals surface area contributed by atoms with Crippen molar-refractivity contribution in [1.29, 1.82) is 0 Å². The molecule has 0 spiro atoms. The van der Waals surface area contributed by atoms with Crippen LogP contribution in [-0.4, -0.2) is 26.6 Å². The number of halogens is 1. The van der Waals surface area contributed by atoms with E-state index in [0.717, 1.165) is 22.2 Å². The van der Waals surface area contributed by atoms with Crippen molar-refractivity contribution >= 4 is 27.3 Å². The van der Waals surface area contributed by atoms with Crippen LogP contribution in [0.15, 0.2) is 48.5 Å². The van der Waals surface area contributed by atoms with E-state index in [1.54, 1.807) is 12.1 Å². The summed E-state index contributed by atoms with van der Waals surface area (Å²) in [4.78, 5) is 12.6. The maximum Gasteiger partial charge on any atom is 0.247 e. The van der Waals surface area contributed by atoms with Crippen molar-refractivity contribution in [3.8, 4) is 0 Å². The predicted octanol–water partition coefficient (Wildman–Crippen LogP) is 3.74. The second-order valence-corrected chi connectivity index (χ2v) is 8.34. The van der Waals surface area contributed by atoms with Crippen LogP contribution in [0.5, 0.6) is 0 Å². The van der Waals surface area contributed by atoms with Gasteiger partial charge in [-0.25, -0.2) is 12.8 Å². The van der Waals surface area contributed by atoms with Crippen molar-refractivity contribution in [3.63, 3.8) is 0 Å². The van der Waals surface area contributed by atoms with Crippen LogP contribution in [0.25, 0.3) is 0 Å². The molecule has 0 bridgehead atoms. The van der Waals surface area contributed by atoms with E-state index in [9.17, 15) is 17.6 Å². The number of hydrogen-bond donors (Lipinski definition) is 1. The molecule has 0 aliphatic heterocycles. The van der Waals surface area contributed by atoms with Crippen LogP contribution in [0.3, 0.4) is 0 Å². The quantitative estimate of drug-likeness (QED) is 0.833. The number of rotatable bonds is 6. The predicted molar refractivity (Wildman–Crippen MR) is 102 cm³/mol. The maximum absolute atomic E-state index is 13.5. The lowest BCUT2D eigenvalue weighted by Crippen LogP contribution is -2.45. The van der Waals surface area contributed by atoms with Crippen LogP contribution in [0.1, 0.15) is 32.3 Å². The Morgan fingerprint density at radius 2 is 1.69 bits per heavy atom. The number of benzene rings is 2. The molecule has 5 nitrogen and oxygen atoms in total. The Morgan fingerprint density at radius 3 is 2.19 bits per heavy atom. The van der Waals surface area contributed by atoms with Gasteiger partial charge in [-0.05, 0) is 48.7 Å².